The van der Waals surface area contributed by atoms with E-state index in [1.165, 1.54) is 19.2 Å². The maximum Gasteiger partial charge on any atom is 0.303 e. The summed E-state index contributed by atoms with van der Waals surface area (Å²) in [4.78, 5) is 12.6. The normalized spacial score (nSPS) is 20.2. The molecule has 4 rings (SSSR count). The second-order valence-corrected chi connectivity index (χ2v) is 20.1. The minimum absolute atomic E-state index is 0.0118. The van der Waals surface area contributed by atoms with Gasteiger partial charge in [-0.25, -0.2) is 25.3 Å². The number of unbranched alkanes of at least 4 members (excludes halogenated alkanes) is 2. The van der Waals surface area contributed by atoms with Gasteiger partial charge in [0.05, 0.1) is 43.8 Å². The summed E-state index contributed by atoms with van der Waals surface area (Å²) in [6, 6.07) is 10.3. The molecule has 0 amide bonds. The summed E-state index contributed by atoms with van der Waals surface area (Å²) < 4.78 is 119. The number of benzene rings is 2. The molecule has 2 atom stereocenters. The molecule has 2 heterocycles. The van der Waals surface area contributed by atoms with Crippen molar-refractivity contribution in [2.75, 3.05) is 56.9 Å². The van der Waals surface area contributed by atoms with E-state index >= 15 is 0 Å². The van der Waals surface area contributed by atoms with Gasteiger partial charge in [0.25, 0.3) is 0 Å². The standard InChI is InChI=1S/C43H58N2O13S3/c1-42(23-13-29-59(48,49)50)35-31-33(22-27-57-3)18-20-37(35)44(25-12-8-11-17-41(46)47)39(42)15-9-6-5-7-10-16-40-43(2,24-14-30-60(51,52)53)36-32-34(61(54,55)56)19-21-38(36)45(40)26-28-58-4/h5-7,9-10,15-16,18-21,31-32H,8,11-14,17,22-30H2,1-4H3,(H3-,46,47,48,49,50,51,52,53,54,55,56)/p-2. The molecule has 0 aliphatic carbocycles. The van der Waals surface area contributed by atoms with Crippen LogP contribution in [-0.4, -0.2) is 112 Å². The lowest BCUT2D eigenvalue weighted by Gasteiger charge is -2.30. The first-order chi connectivity index (χ1) is 28.6. The Bertz CT molecular complexity index is 2390. The Morgan fingerprint density at radius 3 is 2.03 bits per heavy atom. The number of carbonyl (C=O) groups is 1. The second-order valence-electron chi connectivity index (χ2n) is 15.7. The van der Waals surface area contributed by atoms with Crippen molar-refractivity contribution in [3.8, 4) is 0 Å². The minimum atomic E-state index is -4.81. The SMILES string of the molecule is COCCc1ccc2c(c1)C(C)(CCCS(=O)(=O)[O-])C(/C=C/C=C/C=C/C=C1/N(CCOC)c3ccc(S(=O)(=O)[O-])cc3C1(C)CCCS(=O)(=O)[O-])=[N+]2CCCCCC(=O)O. The van der Waals surface area contributed by atoms with E-state index in [1.54, 1.807) is 31.4 Å². The summed E-state index contributed by atoms with van der Waals surface area (Å²) in [6.07, 6.45) is 16.1. The van der Waals surface area contributed by atoms with E-state index in [1.807, 2.05) is 55.2 Å². The molecule has 2 aliphatic rings. The van der Waals surface area contributed by atoms with E-state index in [-0.39, 0.29) is 25.7 Å². The van der Waals surface area contributed by atoms with Gasteiger partial charge in [-0.3, -0.25) is 4.79 Å². The Morgan fingerprint density at radius 1 is 0.770 bits per heavy atom. The molecular formula is C43H56N2O13S3-2. The number of allylic oxidation sites excluding steroid dienone is 8. The van der Waals surface area contributed by atoms with Crippen LogP contribution in [0.2, 0.25) is 0 Å². The van der Waals surface area contributed by atoms with Gasteiger partial charge in [0.2, 0.25) is 5.69 Å². The summed E-state index contributed by atoms with van der Waals surface area (Å²) in [7, 11) is -10.6. The molecule has 0 aromatic heterocycles. The first-order valence-corrected chi connectivity index (χ1v) is 24.7. The molecule has 2 aromatic carbocycles. The quantitative estimate of drug-likeness (QED) is 0.0568. The number of ether oxygens (including phenoxy) is 2. The largest absolute Gasteiger partial charge is 0.748 e. The zero-order valence-corrected chi connectivity index (χ0v) is 37.5. The number of methoxy groups -OCH3 is 2. The number of anilines is 1. The van der Waals surface area contributed by atoms with Crippen LogP contribution >= 0.6 is 0 Å². The highest BCUT2D eigenvalue weighted by atomic mass is 32.2. The molecule has 61 heavy (non-hydrogen) atoms. The molecule has 18 heteroatoms. The number of carboxylic acids is 1. The van der Waals surface area contributed by atoms with Gasteiger partial charge in [0, 0.05) is 79.6 Å². The minimum Gasteiger partial charge on any atom is -0.748 e. The van der Waals surface area contributed by atoms with Crippen molar-refractivity contribution in [3.05, 3.63) is 101 Å². The third-order valence-electron chi connectivity index (χ3n) is 11.3. The highest BCUT2D eigenvalue weighted by Crippen LogP contribution is 2.51. The van der Waals surface area contributed by atoms with Crippen LogP contribution in [0.1, 0.15) is 81.9 Å². The molecule has 2 aliphatic heterocycles. The van der Waals surface area contributed by atoms with Crippen LogP contribution in [0.3, 0.4) is 0 Å². The zero-order valence-electron chi connectivity index (χ0n) is 35.1. The summed E-state index contributed by atoms with van der Waals surface area (Å²) in [6.45, 7) is 5.59. The van der Waals surface area contributed by atoms with Gasteiger partial charge in [0.1, 0.15) is 16.7 Å². The Kier molecular flexibility index (Phi) is 17.4. The number of fused-ring (bicyclic) bond motifs is 2. The topological polar surface area (TPSA) is 234 Å². The monoisotopic (exact) mass is 904 g/mol. The van der Waals surface area contributed by atoms with Crippen LogP contribution in [0, 0.1) is 0 Å². The van der Waals surface area contributed by atoms with E-state index < -0.39 is 63.6 Å². The summed E-state index contributed by atoms with van der Waals surface area (Å²) in [5.41, 5.74) is 4.06. The number of nitrogens with zero attached hydrogens (tertiary/aromatic N) is 2. The van der Waals surface area contributed by atoms with Gasteiger partial charge in [-0.1, -0.05) is 36.4 Å². The molecule has 0 saturated heterocycles. The first-order valence-electron chi connectivity index (χ1n) is 20.1. The van der Waals surface area contributed by atoms with Crippen molar-refractivity contribution in [2.45, 2.75) is 87.4 Å². The van der Waals surface area contributed by atoms with Crippen LogP contribution in [-0.2, 0) is 61.9 Å². The molecule has 0 saturated carbocycles. The molecule has 2 unspecified atom stereocenters. The second kappa shape index (κ2) is 21.4. The van der Waals surface area contributed by atoms with E-state index in [9.17, 15) is 43.7 Å². The number of hydrogen-bond acceptors (Lipinski definition) is 13. The van der Waals surface area contributed by atoms with Crippen molar-refractivity contribution >= 4 is 53.4 Å². The summed E-state index contributed by atoms with van der Waals surface area (Å²) >= 11 is 0. The van der Waals surface area contributed by atoms with Crippen molar-refractivity contribution < 1.29 is 62.9 Å². The lowest BCUT2D eigenvalue weighted by molar-refractivity contribution is -0.438. The smallest absolute Gasteiger partial charge is 0.303 e. The van der Waals surface area contributed by atoms with E-state index in [2.05, 4.69) is 10.6 Å². The third kappa shape index (κ3) is 13.5. The van der Waals surface area contributed by atoms with Gasteiger partial charge in [-0.2, -0.15) is 4.58 Å². The number of hydrogen-bond donors (Lipinski definition) is 1. The maximum absolute atomic E-state index is 12.0. The molecule has 0 radical (unpaired) electrons. The first kappa shape index (κ1) is 49.6. The van der Waals surface area contributed by atoms with Crippen LogP contribution in [0.25, 0.3) is 0 Å². The average molecular weight is 905 g/mol. The highest BCUT2D eigenvalue weighted by Gasteiger charge is 2.47. The Hall–Kier alpha value is -4.01. The predicted molar refractivity (Wildman–Crippen MR) is 229 cm³/mol. The van der Waals surface area contributed by atoms with Crippen molar-refractivity contribution in [3.63, 3.8) is 0 Å². The van der Waals surface area contributed by atoms with Crippen molar-refractivity contribution in [2.24, 2.45) is 0 Å². The van der Waals surface area contributed by atoms with Gasteiger partial charge in [0.15, 0.2) is 5.71 Å². The van der Waals surface area contributed by atoms with E-state index in [0.29, 0.717) is 75.4 Å². The molecule has 336 valence electrons. The number of carboxylic acid groups (broad SMARTS) is 1. The van der Waals surface area contributed by atoms with Crippen LogP contribution in [0.5, 0.6) is 0 Å². The van der Waals surface area contributed by atoms with E-state index in [4.69, 9.17) is 14.6 Å². The Balaban J connectivity index is 1.71. The van der Waals surface area contributed by atoms with Crippen LogP contribution in [0.15, 0.2) is 89.5 Å². The maximum atomic E-state index is 12.0. The fourth-order valence-corrected chi connectivity index (χ4v) is 9.76. The van der Waals surface area contributed by atoms with Gasteiger partial charge in [-0.05, 0) is 100 Å². The fraction of sp³-hybridized carbons (Fsp3) is 0.488. The van der Waals surface area contributed by atoms with Crippen molar-refractivity contribution in [1.29, 1.82) is 0 Å². The molecule has 0 spiro atoms. The Morgan fingerprint density at radius 2 is 1.41 bits per heavy atom. The molecule has 0 bridgehead atoms. The van der Waals surface area contributed by atoms with Gasteiger partial charge >= 0.3 is 5.97 Å². The summed E-state index contributed by atoms with van der Waals surface area (Å²) in [5.74, 6) is -1.97. The lowest BCUT2D eigenvalue weighted by atomic mass is 9.75. The molecule has 15 nitrogen and oxygen atoms in total. The van der Waals surface area contributed by atoms with Gasteiger partial charge in [-0.15, -0.1) is 0 Å². The predicted octanol–water partition coefficient (Wildman–Crippen LogP) is 5.41. The third-order valence-corrected chi connectivity index (χ3v) is 13.7. The van der Waals surface area contributed by atoms with Crippen LogP contribution in [0.4, 0.5) is 11.4 Å². The Labute approximate surface area is 360 Å². The fourth-order valence-electron chi connectivity index (χ4n) is 8.27. The molecule has 0 fully saturated rings. The zero-order chi connectivity index (χ0) is 45.1. The van der Waals surface area contributed by atoms with E-state index in [0.717, 1.165) is 22.5 Å². The molecule has 2 aromatic rings. The van der Waals surface area contributed by atoms with Crippen LogP contribution < -0.4 is 4.90 Å². The number of aliphatic carboxylic acids is 1. The lowest BCUT2D eigenvalue weighted by Crippen LogP contribution is -2.32. The van der Waals surface area contributed by atoms with Gasteiger partial charge < -0.3 is 33.1 Å². The average Bonchev–Trinajstić information content (AvgIpc) is 3.53. The molecule has 1 N–H and O–H groups in total. The summed E-state index contributed by atoms with van der Waals surface area (Å²) in [5, 5.41) is 9.14. The molecular weight excluding hydrogens is 849 g/mol. The highest BCUT2D eigenvalue weighted by molar-refractivity contribution is 7.86. The van der Waals surface area contributed by atoms with Crippen molar-refractivity contribution in [1.82, 2.24) is 0 Å². The number of rotatable bonds is 25.